The summed E-state index contributed by atoms with van der Waals surface area (Å²) in [5.74, 6) is -0.512. The molecule has 3 aromatic rings. The molecule has 2 N–H and O–H groups in total. The molecule has 0 bridgehead atoms. The van der Waals surface area contributed by atoms with Gasteiger partial charge < -0.3 is 5.32 Å². The second kappa shape index (κ2) is 7.33. The van der Waals surface area contributed by atoms with Crippen LogP contribution in [-0.4, -0.2) is 21.8 Å². The number of hydrogen-bond acceptors (Lipinski definition) is 6. The van der Waals surface area contributed by atoms with Crippen LogP contribution in [0.1, 0.15) is 20.9 Å². The molecule has 24 heavy (non-hydrogen) atoms. The van der Waals surface area contributed by atoms with E-state index in [0.29, 0.717) is 10.3 Å². The summed E-state index contributed by atoms with van der Waals surface area (Å²) in [4.78, 5) is 33.3. The first-order valence-electron chi connectivity index (χ1n) is 7.13. The van der Waals surface area contributed by atoms with Crippen molar-refractivity contribution in [1.29, 1.82) is 0 Å². The molecule has 0 fully saturated rings. The van der Waals surface area contributed by atoms with Gasteiger partial charge in [-0.15, -0.1) is 22.7 Å². The maximum atomic E-state index is 12.1. The lowest BCUT2D eigenvalue weighted by atomic mass is 10.1. The van der Waals surface area contributed by atoms with Crippen LogP contribution < -0.4 is 10.6 Å². The first-order chi connectivity index (χ1) is 11.6. The van der Waals surface area contributed by atoms with Gasteiger partial charge in [0.1, 0.15) is 5.69 Å². The molecule has 1 aromatic carbocycles. The molecule has 2 heterocycles. The zero-order valence-electron chi connectivity index (χ0n) is 12.8. The number of hydrogen-bond donors (Lipinski definition) is 2. The molecule has 6 nitrogen and oxygen atoms in total. The molecular weight excluding hydrogens is 344 g/mol. The lowest BCUT2D eigenvalue weighted by molar-refractivity contribution is -0.115. The van der Waals surface area contributed by atoms with Crippen LogP contribution in [0.5, 0.6) is 0 Å². The van der Waals surface area contributed by atoms with Crippen molar-refractivity contribution in [3.8, 4) is 0 Å². The fourth-order valence-corrected chi connectivity index (χ4v) is 3.32. The lowest BCUT2D eigenvalue weighted by Crippen LogP contribution is -2.15. The third kappa shape index (κ3) is 4.24. The largest absolute Gasteiger partial charge is 0.302 e. The van der Waals surface area contributed by atoms with Gasteiger partial charge in [-0.2, -0.15) is 0 Å². The summed E-state index contributed by atoms with van der Waals surface area (Å²) in [6.45, 7) is 1.91. The van der Waals surface area contributed by atoms with E-state index in [0.717, 1.165) is 10.4 Å². The van der Waals surface area contributed by atoms with Crippen LogP contribution in [0.3, 0.4) is 0 Å². The number of amides is 2. The minimum Gasteiger partial charge on any atom is -0.302 e. The molecule has 0 saturated carbocycles. The van der Waals surface area contributed by atoms with E-state index in [1.165, 1.54) is 22.7 Å². The van der Waals surface area contributed by atoms with Gasteiger partial charge in [-0.3, -0.25) is 14.9 Å². The van der Waals surface area contributed by atoms with Crippen LogP contribution in [0.25, 0.3) is 0 Å². The van der Waals surface area contributed by atoms with Crippen molar-refractivity contribution in [2.24, 2.45) is 0 Å². The number of thiazole rings is 2. The van der Waals surface area contributed by atoms with Crippen molar-refractivity contribution in [2.45, 2.75) is 13.3 Å². The predicted molar refractivity (Wildman–Crippen MR) is 95.7 cm³/mol. The van der Waals surface area contributed by atoms with E-state index in [2.05, 4.69) is 20.6 Å². The zero-order valence-corrected chi connectivity index (χ0v) is 14.4. The van der Waals surface area contributed by atoms with Crippen LogP contribution in [0.4, 0.5) is 10.3 Å². The second-order valence-electron chi connectivity index (χ2n) is 4.98. The summed E-state index contributed by atoms with van der Waals surface area (Å²) in [7, 11) is 0. The van der Waals surface area contributed by atoms with Crippen LogP contribution in [-0.2, 0) is 11.2 Å². The molecule has 0 radical (unpaired) electrons. The smallest absolute Gasteiger partial charge is 0.276 e. The molecular formula is C16H14N4O2S2. The Morgan fingerprint density at radius 2 is 1.92 bits per heavy atom. The van der Waals surface area contributed by atoms with E-state index in [4.69, 9.17) is 0 Å². The number of nitrogens with one attached hydrogen (secondary N) is 2. The number of anilines is 2. The van der Waals surface area contributed by atoms with Crippen molar-refractivity contribution >= 4 is 44.8 Å². The molecule has 2 amide bonds. The Morgan fingerprint density at radius 1 is 1.12 bits per heavy atom. The van der Waals surface area contributed by atoms with Crippen LogP contribution in [0, 0.1) is 6.92 Å². The molecule has 3 rings (SSSR count). The molecule has 0 saturated heterocycles. The molecule has 0 aliphatic rings. The van der Waals surface area contributed by atoms with Gasteiger partial charge in [0.15, 0.2) is 10.3 Å². The summed E-state index contributed by atoms with van der Waals surface area (Å²) in [6.07, 6.45) is 1.96. The Kier molecular flexibility index (Phi) is 4.97. The molecule has 0 aliphatic carbocycles. The Balaban J connectivity index is 1.58. The Morgan fingerprint density at radius 3 is 2.62 bits per heavy atom. The number of carbonyl (C=O) groups excluding carboxylic acids is 2. The lowest BCUT2D eigenvalue weighted by Gasteiger charge is -2.01. The Hall–Kier alpha value is -2.58. The van der Waals surface area contributed by atoms with E-state index in [9.17, 15) is 9.59 Å². The van der Waals surface area contributed by atoms with E-state index in [1.54, 1.807) is 11.6 Å². The first-order valence-corrected chi connectivity index (χ1v) is 8.83. The normalized spacial score (nSPS) is 10.4. The van der Waals surface area contributed by atoms with E-state index < -0.39 is 0 Å². The maximum Gasteiger partial charge on any atom is 0.276 e. The van der Waals surface area contributed by atoms with E-state index >= 15 is 0 Å². The monoisotopic (exact) mass is 358 g/mol. The van der Waals surface area contributed by atoms with Crippen LogP contribution in [0.2, 0.25) is 0 Å². The fraction of sp³-hybridized carbons (Fsp3) is 0.125. The fourth-order valence-electron chi connectivity index (χ4n) is 1.95. The molecule has 122 valence electrons. The molecule has 0 unspecified atom stereocenters. The standard InChI is InChI=1S/C16H14N4O2S2/c1-10-8-17-15(24-10)20-14(22)12-9-23-16(18-12)19-13(21)7-11-5-3-2-4-6-11/h2-6,8-9H,7H2,1H3,(H,17,20,22)(H,18,19,21). The first kappa shape index (κ1) is 16.3. The number of rotatable bonds is 5. The van der Waals surface area contributed by atoms with Crippen molar-refractivity contribution in [3.05, 3.63) is 58.0 Å². The molecule has 8 heteroatoms. The molecule has 0 atom stereocenters. The Labute approximate surface area is 146 Å². The topological polar surface area (TPSA) is 84.0 Å². The van der Waals surface area contributed by atoms with Gasteiger partial charge in [-0.1, -0.05) is 30.3 Å². The van der Waals surface area contributed by atoms with Crippen LogP contribution in [0.15, 0.2) is 41.9 Å². The Bertz CT molecular complexity index is 858. The predicted octanol–water partition coefficient (Wildman–Crippen LogP) is 3.34. The highest BCUT2D eigenvalue weighted by molar-refractivity contribution is 7.15. The zero-order chi connectivity index (χ0) is 16.9. The average Bonchev–Trinajstić information content (AvgIpc) is 3.17. The summed E-state index contributed by atoms with van der Waals surface area (Å²) in [6, 6.07) is 9.44. The summed E-state index contributed by atoms with van der Waals surface area (Å²) in [5, 5.41) is 7.93. The third-order valence-electron chi connectivity index (χ3n) is 3.03. The van der Waals surface area contributed by atoms with Crippen molar-refractivity contribution < 1.29 is 9.59 Å². The van der Waals surface area contributed by atoms with Crippen molar-refractivity contribution in [1.82, 2.24) is 9.97 Å². The quantitative estimate of drug-likeness (QED) is 0.733. The highest BCUT2D eigenvalue weighted by Gasteiger charge is 2.14. The highest BCUT2D eigenvalue weighted by atomic mass is 32.1. The minimum absolute atomic E-state index is 0.168. The maximum absolute atomic E-state index is 12.1. The average molecular weight is 358 g/mol. The van der Waals surface area contributed by atoms with Gasteiger partial charge in [0.25, 0.3) is 5.91 Å². The summed E-state index contributed by atoms with van der Waals surface area (Å²) >= 11 is 2.60. The molecule has 0 aliphatic heterocycles. The number of carbonyl (C=O) groups is 2. The summed E-state index contributed by atoms with van der Waals surface area (Å²) < 4.78 is 0. The van der Waals surface area contributed by atoms with Gasteiger partial charge in [0.05, 0.1) is 6.42 Å². The van der Waals surface area contributed by atoms with E-state index in [1.807, 2.05) is 37.3 Å². The number of aromatic nitrogens is 2. The van der Waals surface area contributed by atoms with Gasteiger partial charge in [0.2, 0.25) is 5.91 Å². The summed E-state index contributed by atoms with van der Waals surface area (Å²) in [5.41, 5.74) is 1.17. The SMILES string of the molecule is Cc1cnc(NC(=O)c2csc(NC(=O)Cc3ccccc3)n2)s1. The minimum atomic E-state index is -0.343. The third-order valence-corrected chi connectivity index (χ3v) is 4.62. The number of nitrogens with zero attached hydrogens (tertiary/aromatic N) is 2. The van der Waals surface area contributed by atoms with Gasteiger partial charge >= 0.3 is 0 Å². The van der Waals surface area contributed by atoms with Gasteiger partial charge in [-0.05, 0) is 12.5 Å². The van der Waals surface area contributed by atoms with Gasteiger partial charge in [-0.25, -0.2) is 9.97 Å². The second-order valence-corrected chi connectivity index (χ2v) is 7.07. The molecule has 2 aromatic heterocycles. The van der Waals surface area contributed by atoms with Crippen molar-refractivity contribution in [3.63, 3.8) is 0 Å². The van der Waals surface area contributed by atoms with Crippen molar-refractivity contribution in [2.75, 3.05) is 10.6 Å². The number of benzene rings is 1. The number of aryl methyl sites for hydroxylation is 1. The van der Waals surface area contributed by atoms with Gasteiger partial charge in [0, 0.05) is 16.5 Å². The van der Waals surface area contributed by atoms with E-state index in [-0.39, 0.29) is 23.9 Å². The molecule has 0 spiro atoms. The van der Waals surface area contributed by atoms with Crippen LogP contribution >= 0.6 is 22.7 Å². The highest BCUT2D eigenvalue weighted by Crippen LogP contribution is 2.20.